The van der Waals surface area contributed by atoms with Gasteiger partial charge in [0.25, 0.3) is 0 Å². The number of ether oxygens (including phenoxy) is 2. The van der Waals surface area contributed by atoms with Gasteiger partial charge in [0.15, 0.2) is 6.29 Å². The summed E-state index contributed by atoms with van der Waals surface area (Å²) in [4.78, 5) is 13.1. The van der Waals surface area contributed by atoms with Gasteiger partial charge in [0.2, 0.25) is 5.91 Å². The molecule has 0 bridgehead atoms. The summed E-state index contributed by atoms with van der Waals surface area (Å²) in [5.74, 6) is -0.210. The Balaban J connectivity index is 2.19. The van der Waals surface area contributed by atoms with Gasteiger partial charge >= 0.3 is 0 Å². The van der Waals surface area contributed by atoms with Crippen molar-refractivity contribution in [1.29, 1.82) is 0 Å². The van der Waals surface area contributed by atoms with Crippen LogP contribution in [0.5, 0.6) is 0 Å². The molecular formula is C76H131NO8. The summed E-state index contributed by atoms with van der Waals surface area (Å²) in [7, 11) is 0. The largest absolute Gasteiger partial charge is 0.394 e. The van der Waals surface area contributed by atoms with E-state index < -0.39 is 49.5 Å². The molecule has 1 heterocycles. The van der Waals surface area contributed by atoms with Crippen molar-refractivity contribution in [2.45, 2.75) is 339 Å². The maximum absolute atomic E-state index is 13.1. The molecule has 6 N–H and O–H groups in total. The van der Waals surface area contributed by atoms with Crippen LogP contribution in [-0.2, 0) is 14.3 Å². The average molecular weight is 1190 g/mol. The van der Waals surface area contributed by atoms with E-state index in [1.54, 1.807) is 6.08 Å². The fraction of sp³-hybridized carbons (Fsp3) is 0.724. The van der Waals surface area contributed by atoms with E-state index >= 15 is 0 Å². The second kappa shape index (κ2) is 63.6. The third-order valence-corrected chi connectivity index (χ3v) is 16.0. The van der Waals surface area contributed by atoms with Crippen LogP contribution in [0.2, 0.25) is 0 Å². The van der Waals surface area contributed by atoms with Crippen LogP contribution in [-0.4, -0.2) is 87.5 Å². The van der Waals surface area contributed by atoms with Gasteiger partial charge in [-0.1, -0.05) is 322 Å². The molecule has 7 unspecified atom stereocenters. The first kappa shape index (κ1) is 79.6. The second-order valence-electron chi connectivity index (χ2n) is 23.9. The number of hydrogen-bond donors (Lipinski definition) is 6. The quantitative estimate of drug-likeness (QED) is 0.0261. The molecule has 0 saturated carbocycles. The van der Waals surface area contributed by atoms with Crippen molar-refractivity contribution in [2.24, 2.45) is 0 Å². The summed E-state index contributed by atoms with van der Waals surface area (Å²) in [5.41, 5.74) is 0. The molecule has 0 aliphatic carbocycles. The average Bonchev–Trinajstić information content (AvgIpc) is 3.54. The number of unbranched alkanes of at least 4 members (excludes halogenated alkanes) is 32. The van der Waals surface area contributed by atoms with Crippen molar-refractivity contribution in [3.8, 4) is 0 Å². The van der Waals surface area contributed by atoms with Gasteiger partial charge in [-0.05, 0) is 89.9 Å². The van der Waals surface area contributed by atoms with Crippen molar-refractivity contribution in [2.75, 3.05) is 13.2 Å². The van der Waals surface area contributed by atoms with E-state index in [0.29, 0.717) is 12.8 Å². The monoisotopic (exact) mass is 1190 g/mol. The van der Waals surface area contributed by atoms with Crippen LogP contribution >= 0.6 is 0 Å². The minimum atomic E-state index is -1.58. The topological polar surface area (TPSA) is 149 Å². The lowest BCUT2D eigenvalue weighted by molar-refractivity contribution is -0.302. The van der Waals surface area contributed by atoms with E-state index in [2.05, 4.69) is 129 Å². The van der Waals surface area contributed by atoms with Gasteiger partial charge in [0.05, 0.1) is 25.4 Å². The lowest BCUT2D eigenvalue weighted by Gasteiger charge is -2.40. The van der Waals surface area contributed by atoms with Gasteiger partial charge in [-0.15, -0.1) is 0 Å². The molecule has 85 heavy (non-hydrogen) atoms. The van der Waals surface area contributed by atoms with Crippen LogP contribution in [0.1, 0.15) is 296 Å². The first-order chi connectivity index (χ1) is 41.8. The fourth-order valence-corrected chi connectivity index (χ4v) is 10.6. The predicted molar refractivity (Wildman–Crippen MR) is 364 cm³/mol. The number of carbonyl (C=O) groups excluding carboxylic acids is 1. The molecule has 9 heteroatoms. The molecule has 1 aliphatic rings. The van der Waals surface area contributed by atoms with E-state index in [1.165, 1.54) is 173 Å². The molecule has 0 aromatic rings. The standard InChI is InChI=1S/C76H131NO8/c1-3-5-7-9-11-13-15-17-19-21-23-25-27-29-31-33-35-37-39-41-43-45-47-49-51-53-55-57-59-61-63-65-70(79)69(68-84-76-75(83)74(82)73(81)71(67-78)85-76)77-72(80)66-64-62-60-58-56-54-52-50-48-46-44-42-40-38-36-34-32-30-28-26-24-22-20-18-16-14-12-10-8-6-4-2/h6,8,12,14,18,20,24,26,30,32,36,38,42,44,48,50,54,56,63,65,69-71,73-76,78-79,81-83H,3-5,7,9-11,13,15-17,19,21-23,25,27-29,31,33-35,37,39-41,43,45-47,49,51-53,55,57-62,64,66-68H2,1-2H3,(H,77,80)/b8-6-,14-12-,20-18-,26-24-,32-30-,38-36-,44-42-,50-48-,56-54-,65-63+. The van der Waals surface area contributed by atoms with Gasteiger partial charge in [-0.25, -0.2) is 0 Å². The molecule has 0 aromatic carbocycles. The molecule has 0 aromatic heterocycles. The Morgan fingerprint density at radius 1 is 0.412 bits per heavy atom. The Labute approximate surface area is 522 Å². The summed E-state index contributed by atoms with van der Waals surface area (Å²) >= 11 is 0. The number of rotatable bonds is 60. The Bertz CT molecular complexity index is 1760. The molecule has 9 nitrogen and oxygen atoms in total. The number of carbonyl (C=O) groups is 1. The van der Waals surface area contributed by atoms with Gasteiger partial charge < -0.3 is 40.3 Å². The van der Waals surface area contributed by atoms with Gasteiger partial charge in [0.1, 0.15) is 24.4 Å². The highest BCUT2D eigenvalue weighted by Crippen LogP contribution is 2.23. The van der Waals surface area contributed by atoms with E-state index in [4.69, 9.17) is 9.47 Å². The SMILES string of the molecule is CC/C=C\C/C=C\C/C=C\C/C=C\C/C=C\C/C=C\C/C=C\C/C=C\C/C=C\CCCCCC(=O)NC(COC1OC(CO)C(O)C(O)C1O)C(O)/C=C/CCCCCCCCCCCCCCCCCCCCCCCCCCCCCCC. The van der Waals surface area contributed by atoms with E-state index in [9.17, 15) is 30.3 Å². The Kier molecular flexibility index (Phi) is 59.6. The van der Waals surface area contributed by atoms with E-state index in [0.717, 1.165) is 96.3 Å². The number of hydrogen-bond acceptors (Lipinski definition) is 8. The summed E-state index contributed by atoms with van der Waals surface area (Å²) in [5, 5.41) is 54.8. The first-order valence-corrected chi connectivity index (χ1v) is 35.3. The molecule has 0 spiro atoms. The van der Waals surface area contributed by atoms with Crippen LogP contribution in [0, 0.1) is 0 Å². The third-order valence-electron chi connectivity index (χ3n) is 16.0. The van der Waals surface area contributed by atoms with Crippen LogP contribution < -0.4 is 5.32 Å². The van der Waals surface area contributed by atoms with E-state index in [-0.39, 0.29) is 12.5 Å². The molecular weight excluding hydrogens is 1050 g/mol. The lowest BCUT2D eigenvalue weighted by Crippen LogP contribution is -2.60. The van der Waals surface area contributed by atoms with Crippen LogP contribution in [0.15, 0.2) is 122 Å². The molecule has 0 radical (unpaired) electrons. The second-order valence-corrected chi connectivity index (χ2v) is 23.9. The van der Waals surface area contributed by atoms with Gasteiger partial charge in [-0.2, -0.15) is 0 Å². The molecule has 488 valence electrons. The number of aliphatic hydroxyl groups excluding tert-OH is 5. The summed E-state index contributed by atoms with van der Waals surface area (Å²) in [6.45, 7) is 3.67. The molecule has 1 saturated heterocycles. The summed E-state index contributed by atoms with van der Waals surface area (Å²) in [6.07, 6.45) is 88.7. The smallest absolute Gasteiger partial charge is 0.220 e. The zero-order valence-corrected chi connectivity index (χ0v) is 54.6. The Morgan fingerprint density at radius 3 is 1.08 bits per heavy atom. The van der Waals surface area contributed by atoms with Crippen LogP contribution in [0.4, 0.5) is 0 Å². The molecule has 1 amide bonds. The van der Waals surface area contributed by atoms with Crippen LogP contribution in [0.3, 0.4) is 0 Å². The maximum atomic E-state index is 13.1. The van der Waals surface area contributed by atoms with Gasteiger partial charge in [0, 0.05) is 6.42 Å². The number of allylic oxidation sites excluding steroid dienone is 19. The third kappa shape index (κ3) is 52.3. The summed E-state index contributed by atoms with van der Waals surface area (Å²) in [6, 6.07) is -0.835. The highest BCUT2D eigenvalue weighted by atomic mass is 16.7. The first-order valence-electron chi connectivity index (χ1n) is 35.3. The molecule has 1 aliphatic heterocycles. The van der Waals surface area contributed by atoms with E-state index in [1.807, 2.05) is 6.08 Å². The number of nitrogens with one attached hydrogen (secondary N) is 1. The highest BCUT2D eigenvalue weighted by Gasteiger charge is 2.44. The van der Waals surface area contributed by atoms with Crippen molar-refractivity contribution in [3.05, 3.63) is 122 Å². The van der Waals surface area contributed by atoms with Crippen molar-refractivity contribution in [1.82, 2.24) is 5.32 Å². The highest BCUT2D eigenvalue weighted by molar-refractivity contribution is 5.76. The number of aliphatic hydroxyl groups is 5. The predicted octanol–water partition coefficient (Wildman–Crippen LogP) is 19.4. The fourth-order valence-electron chi connectivity index (χ4n) is 10.6. The van der Waals surface area contributed by atoms with Gasteiger partial charge in [-0.3, -0.25) is 4.79 Å². The molecule has 7 atom stereocenters. The maximum Gasteiger partial charge on any atom is 0.220 e. The number of amides is 1. The van der Waals surface area contributed by atoms with Crippen molar-refractivity contribution in [3.63, 3.8) is 0 Å². The molecule has 1 rings (SSSR count). The Hall–Kier alpha value is -3.41. The lowest BCUT2D eigenvalue weighted by atomic mass is 9.99. The normalized spacial score (nSPS) is 18.9. The van der Waals surface area contributed by atoms with Crippen molar-refractivity contribution < 1.29 is 39.8 Å². The van der Waals surface area contributed by atoms with Crippen LogP contribution in [0.25, 0.3) is 0 Å². The van der Waals surface area contributed by atoms with Crippen molar-refractivity contribution >= 4 is 5.91 Å². The minimum absolute atomic E-state index is 0.209. The zero-order chi connectivity index (χ0) is 61.4. The minimum Gasteiger partial charge on any atom is -0.394 e. The summed E-state index contributed by atoms with van der Waals surface area (Å²) < 4.78 is 11.3. The Morgan fingerprint density at radius 2 is 0.729 bits per heavy atom. The zero-order valence-electron chi connectivity index (χ0n) is 54.6. The molecule has 1 fully saturated rings.